The van der Waals surface area contributed by atoms with Crippen LogP contribution in [0.5, 0.6) is 0 Å². The fourth-order valence-corrected chi connectivity index (χ4v) is 2.63. The lowest BCUT2D eigenvalue weighted by molar-refractivity contribution is -0.137. The summed E-state index contributed by atoms with van der Waals surface area (Å²) in [7, 11) is 0. The molecule has 0 amide bonds. The van der Waals surface area contributed by atoms with Gasteiger partial charge in [0.25, 0.3) is 0 Å². The Bertz CT molecular complexity index is 484. The molecule has 1 unspecified atom stereocenters. The molecule has 110 valence electrons. The molecule has 1 fully saturated rings. The van der Waals surface area contributed by atoms with E-state index in [1.807, 2.05) is 12.1 Å². The zero-order valence-electron chi connectivity index (χ0n) is 12.1. The Morgan fingerprint density at radius 2 is 1.57 bits per heavy atom. The van der Waals surface area contributed by atoms with Gasteiger partial charge in [-0.2, -0.15) is 0 Å². The fraction of sp³-hybridized carbons (Fsp3) is 0.333. The minimum Gasteiger partial charge on any atom is -0.355 e. The van der Waals surface area contributed by atoms with E-state index in [0.29, 0.717) is 6.79 Å². The van der Waals surface area contributed by atoms with Crippen molar-refractivity contribution in [3.8, 4) is 0 Å². The number of benzene rings is 2. The molecule has 0 aliphatic carbocycles. The van der Waals surface area contributed by atoms with Gasteiger partial charge in [-0.15, -0.1) is 0 Å². The maximum absolute atomic E-state index is 5.62. The van der Waals surface area contributed by atoms with Crippen LogP contribution in [0.2, 0.25) is 0 Å². The monoisotopic (exact) mass is 283 g/mol. The molecule has 1 saturated heterocycles. The number of rotatable bonds is 5. The van der Waals surface area contributed by atoms with Crippen LogP contribution < -0.4 is 5.32 Å². The minimum absolute atomic E-state index is 0.193. The fourth-order valence-electron chi connectivity index (χ4n) is 2.63. The molecule has 3 rings (SSSR count). The predicted octanol–water partition coefficient (Wildman–Crippen LogP) is 3.13. The van der Waals surface area contributed by atoms with Crippen molar-refractivity contribution in [3.05, 3.63) is 71.8 Å². The molecule has 1 atom stereocenters. The molecule has 0 spiro atoms. The maximum atomic E-state index is 5.62. The van der Waals surface area contributed by atoms with Gasteiger partial charge in [-0.1, -0.05) is 60.7 Å². The van der Waals surface area contributed by atoms with Crippen molar-refractivity contribution in [2.75, 3.05) is 19.9 Å². The van der Waals surface area contributed by atoms with Crippen LogP contribution in [0.4, 0.5) is 0 Å². The Labute approximate surface area is 125 Å². The van der Waals surface area contributed by atoms with Gasteiger partial charge in [-0.05, 0) is 17.5 Å². The first kappa shape index (κ1) is 14.3. The van der Waals surface area contributed by atoms with Crippen LogP contribution >= 0.6 is 0 Å². The van der Waals surface area contributed by atoms with Crippen LogP contribution in [0.15, 0.2) is 60.7 Å². The summed E-state index contributed by atoms with van der Waals surface area (Å²) in [4.78, 5) is 0. The summed E-state index contributed by atoms with van der Waals surface area (Å²) in [5, 5.41) is 3.64. The van der Waals surface area contributed by atoms with Gasteiger partial charge in [0, 0.05) is 6.54 Å². The third kappa shape index (κ3) is 3.91. The van der Waals surface area contributed by atoms with E-state index in [4.69, 9.17) is 9.47 Å². The molecule has 1 aliphatic heterocycles. The summed E-state index contributed by atoms with van der Waals surface area (Å²) in [6.45, 7) is 2.03. The number of ether oxygens (including phenoxy) is 2. The lowest BCUT2D eigenvalue weighted by Gasteiger charge is -2.26. The topological polar surface area (TPSA) is 30.5 Å². The molecule has 1 heterocycles. The number of hydrogen-bond acceptors (Lipinski definition) is 3. The van der Waals surface area contributed by atoms with E-state index in [-0.39, 0.29) is 12.1 Å². The highest BCUT2D eigenvalue weighted by Gasteiger charge is 2.18. The quantitative estimate of drug-likeness (QED) is 0.914. The van der Waals surface area contributed by atoms with Gasteiger partial charge in [-0.3, -0.25) is 0 Å². The molecule has 3 heteroatoms. The van der Waals surface area contributed by atoms with Crippen LogP contribution in [0, 0.1) is 0 Å². The first-order valence-electron chi connectivity index (χ1n) is 7.46. The van der Waals surface area contributed by atoms with Gasteiger partial charge in [-0.25, -0.2) is 0 Å². The van der Waals surface area contributed by atoms with Crippen molar-refractivity contribution >= 4 is 0 Å². The SMILES string of the molecule is c1ccc(C(NCC2CCOCO2)c2ccccc2)cc1. The first-order valence-corrected chi connectivity index (χ1v) is 7.46. The Hall–Kier alpha value is -1.68. The van der Waals surface area contributed by atoms with E-state index in [9.17, 15) is 0 Å². The zero-order chi connectivity index (χ0) is 14.3. The average molecular weight is 283 g/mol. The van der Waals surface area contributed by atoms with Crippen molar-refractivity contribution in [1.82, 2.24) is 5.32 Å². The lowest BCUT2D eigenvalue weighted by atomic mass is 9.98. The van der Waals surface area contributed by atoms with Crippen molar-refractivity contribution in [1.29, 1.82) is 0 Å². The maximum Gasteiger partial charge on any atom is 0.147 e. The molecule has 1 aliphatic rings. The van der Waals surface area contributed by atoms with Crippen molar-refractivity contribution < 1.29 is 9.47 Å². The van der Waals surface area contributed by atoms with E-state index in [2.05, 4.69) is 53.8 Å². The molecule has 2 aromatic rings. The Kier molecular flexibility index (Phi) is 5.00. The summed E-state index contributed by atoms with van der Waals surface area (Å²) in [6, 6.07) is 21.3. The van der Waals surface area contributed by atoms with Crippen LogP contribution in [0.1, 0.15) is 23.6 Å². The van der Waals surface area contributed by atoms with Gasteiger partial charge < -0.3 is 14.8 Å². The predicted molar refractivity (Wildman–Crippen MR) is 83.0 cm³/mol. The second-order valence-corrected chi connectivity index (χ2v) is 5.27. The Morgan fingerprint density at radius 1 is 0.952 bits per heavy atom. The summed E-state index contributed by atoms with van der Waals surface area (Å²) in [5.74, 6) is 0. The highest BCUT2D eigenvalue weighted by molar-refractivity contribution is 5.31. The molecule has 0 radical (unpaired) electrons. The summed E-state index contributed by atoms with van der Waals surface area (Å²) in [6.07, 6.45) is 1.18. The minimum atomic E-state index is 0.193. The average Bonchev–Trinajstić information content (AvgIpc) is 2.58. The molecule has 3 nitrogen and oxygen atoms in total. The Balaban J connectivity index is 1.73. The van der Waals surface area contributed by atoms with E-state index in [1.54, 1.807) is 0 Å². The molecular formula is C18H21NO2. The van der Waals surface area contributed by atoms with E-state index < -0.39 is 0 Å². The van der Waals surface area contributed by atoms with Gasteiger partial charge in [0.1, 0.15) is 6.79 Å². The highest BCUT2D eigenvalue weighted by Crippen LogP contribution is 2.22. The van der Waals surface area contributed by atoms with Crippen molar-refractivity contribution in [3.63, 3.8) is 0 Å². The molecule has 0 bridgehead atoms. The standard InChI is InChI=1S/C18H21NO2/c1-3-7-15(8-4-1)18(16-9-5-2-6-10-16)19-13-17-11-12-20-14-21-17/h1-10,17-19H,11-14H2. The third-order valence-corrected chi connectivity index (χ3v) is 3.79. The van der Waals surface area contributed by atoms with Gasteiger partial charge >= 0.3 is 0 Å². The van der Waals surface area contributed by atoms with Crippen molar-refractivity contribution in [2.45, 2.75) is 18.6 Å². The third-order valence-electron chi connectivity index (χ3n) is 3.79. The van der Waals surface area contributed by atoms with Crippen molar-refractivity contribution in [2.24, 2.45) is 0 Å². The van der Waals surface area contributed by atoms with E-state index in [1.165, 1.54) is 11.1 Å². The highest BCUT2D eigenvalue weighted by atomic mass is 16.7. The lowest BCUT2D eigenvalue weighted by Crippen LogP contribution is -2.36. The summed E-state index contributed by atoms with van der Waals surface area (Å²) in [5.41, 5.74) is 2.55. The second-order valence-electron chi connectivity index (χ2n) is 5.27. The van der Waals surface area contributed by atoms with Gasteiger partial charge in [0.15, 0.2) is 0 Å². The normalized spacial score (nSPS) is 18.8. The molecule has 1 N–H and O–H groups in total. The molecular weight excluding hydrogens is 262 g/mol. The number of nitrogens with one attached hydrogen (secondary N) is 1. The first-order chi connectivity index (χ1) is 10.4. The van der Waals surface area contributed by atoms with Crippen LogP contribution in [-0.2, 0) is 9.47 Å². The summed E-state index contributed by atoms with van der Waals surface area (Å²) < 4.78 is 10.8. The Morgan fingerprint density at radius 3 is 2.10 bits per heavy atom. The molecule has 0 saturated carbocycles. The van der Waals surface area contributed by atoms with Crippen LogP contribution in [-0.4, -0.2) is 26.0 Å². The second kappa shape index (κ2) is 7.36. The van der Waals surface area contributed by atoms with Gasteiger partial charge in [0.05, 0.1) is 18.8 Å². The van der Waals surface area contributed by atoms with Crippen LogP contribution in [0.3, 0.4) is 0 Å². The molecule has 2 aromatic carbocycles. The smallest absolute Gasteiger partial charge is 0.147 e. The van der Waals surface area contributed by atoms with Gasteiger partial charge in [0.2, 0.25) is 0 Å². The van der Waals surface area contributed by atoms with E-state index >= 15 is 0 Å². The molecule has 21 heavy (non-hydrogen) atoms. The molecule has 0 aromatic heterocycles. The number of hydrogen-bond donors (Lipinski definition) is 1. The van der Waals surface area contributed by atoms with Crippen LogP contribution in [0.25, 0.3) is 0 Å². The summed E-state index contributed by atoms with van der Waals surface area (Å²) >= 11 is 0. The largest absolute Gasteiger partial charge is 0.355 e. The zero-order valence-corrected chi connectivity index (χ0v) is 12.1. The van der Waals surface area contributed by atoms with E-state index in [0.717, 1.165) is 19.6 Å².